The predicted molar refractivity (Wildman–Crippen MR) is 349 cm³/mol. The van der Waals surface area contributed by atoms with E-state index in [2.05, 4.69) is 24.1 Å². The van der Waals surface area contributed by atoms with Crippen LogP contribution in [-0.2, 0) is 52.2 Å². The summed E-state index contributed by atoms with van der Waals surface area (Å²) < 4.78 is 152. The van der Waals surface area contributed by atoms with Crippen molar-refractivity contribution in [2.75, 3.05) is 34.6 Å². The van der Waals surface area contributed by atoms with Gasteiger partial charge in [-0.15, -0.1) is 4.57 Å². The monoisotopic (exact) mass is 1370 g/mol. The van der Waals surface area contributed by atoms with Crippen molar-refractivity contribution in [3.05, 3.63) is 208 Å². The summed E-state index contributed by atoms with van der Waals surface area (Å²) in [4.78, 5) is 6.30. The first-order valence-corrected chi connectivity index (χ1v) is 36.1. The van der Waals surface area contributed by atoms with Gasteiger partial charge in [0.05, 0.1) is 28.6 Å². The molecule has 470 valence electrons. The van der Waals surface area contributed by atoms with Crippen molar-refractivity contribution in [3.8, 4) is 28.0 Å². The molecule has 0 aliphatic carbocycles. The maximum absolute atomic E-state index is 12.1. The zero-order valence-corrected chi connectivity index (χ0v) is 55.0. The number of thioether (sulfide) groups is 1. The number of oxazole rings is 1. The highest BCUT2D eigenvalue weighted by molar-refractivity contribution is 8.04. The van der Waals surface area contributed by atoms with Crippen molar-refractivity contribution in [2.24, 2.45) is 0 Å². The highest BCUT2D eigenvalue weighted by atomic mass is 35.5. The van der Waals surface area contributed by atoms with E-state index in [1.54, 1.807) is 78.9 Å². The average Bonchev–Trinajstić information content (AvgIpc) is 2.57. The van der Waals surface area contributed by atoms with Crippen LogP contribution in [0.1, 0.15) is 51.9 Å². The highest BCUT2D eigenvalue weighted by Gasteiger charge is 2.33. The first kappa shape index (κ1) is 69.5. The summed E-state index contributed by atoms with van der Waals surface area (Å²) >= 11 is 14.5. The van der Waals surface area contributed by atoms with Gasteiger partial charge in [0.15, 0.2) is 50.1 Å². The molecule has 2 aliphatic rings. The van der Waals surface area contributed by atoms with Crippen molar-refractivity contribution in [3.63, 3.8) is 0 Å². The van der Waals surface area contributed by atoms with Crippen LogP contribution in [0.25, 0.3) is 55.7 Å². The Labute approximate surface area is 536 Å². The number of H-pyrrole nitrogens is 1. The largest absolute Gasteiger partial charge is 0.743 e. The minimum atomic E-state index is -4.71. The van der Waals surface area contributed by atoms with Crippen molar-refractivity contribution in [1.29, 1.82) is 0 Å². The van der Waals surface area contributed by atoms with Crippen LogP contribution in [0.3, 0.4) is 0 Å². The molecule has 0 unspecified atom stereocenters. The second kappa shape index (κ2) is 31.1. The maximum atomic E-state index is 12.1. The molecule has 2 aliphatic heterocycles. The number of benzene rings is 6. The van der Waals surface area contributed by atoms with Gasteiger partial charge in [0.1, 0.15) is 4.70 Å². The molecule has 0 amide bonds. The molecule has 4 N–H and O–H groups in total. The fourth-order valence-corrected chi connectivity index (χ4v) is 13.9. The molecule has 0 atom stereocenters. The lowest BCUT2D eigenvalue weighted by Gasteiger charge is -2.18. The number of ether oxygens (including phenoxy) is 1. The van der Waals surface area contributed by atoms with Gasteiger partial charge in [-0.05, 0) is 95.9 Å². The van der Waals surface area contributed by atoms with Gasteiger partial charge >= 0.3 is 5.89 Å². The summed E-state index contributed by atoms with van der Waals surface area (Å²) in [5.74, 6) is -2.55. The van der Waals surface area contributed by atoms with Crippen LogP contribution < -0.4 is 34.0 Å². The van der Waals surface area contributed by atoms with Crippen molar-refractivity contribution < 1.29 is 75.2 Å². The van der Waals surface area contributed by atoms with Gasteiger partial charge in [0, 0.05) is 45.3 Å². The molecule has 3 aromatic heterocycles. The van der Waals surface area contributed by atoms with E-state index in [1.807, 2.05) is 124 Å². The van der Waals surface area contributed by atoms with Gasteiger partial charge in [-0.1, -0.05) is 160 Å². The Balaban J connectivity index is 0.000000220. The minimum absolute atomic E-state index is 0.103. The maximum Gasteiger partial charge on any atom is 0.375 e. The van der Waals surface area contributed by atoms with E-state index in [-0.39, 0.29) is 11.8 Å². The number of hydrogen-bond acceptors (Lipinski definition) is 17. The number of thiazole rings is 1. The molecule has 0 saturated carbocycles. The lowest BCUT2D eigenvalue weighted by atomic mass is 10.0. The SMILES string of the molecule is CC.CCC(=C/c1oc2ccc(-c3ccccc3)cc2[n+]1CS(=O)(=O)[O-])/C=C1/Oc2ccc(-c3ccccc3)cc2N1CS(=O)(=O)O.CCNCC.O=S(=O)([O-])C[n+]1c(C=C2Sc3ccc(Cl)cc3N2CS(=O)(=O)O)sc2ccc(Cl)cc21.c1cc[nH+]cc1. The Morgan fingerprint density at radius 2 is 1.20 bits per heavy atom. The Hall–Kier alpha value is -7.02. The first-order chi connectivity index (χ1) is 42.3. The summed E-state index contributed by atoms with van der Waals surface area (Å²) in [6.07, 6.45) is 8.88. The van der Waals surface area contributed by atoms with Gasteiger partial charge in [0.2, 0.25) is 28.7 Å². The number of aromatic amines is 1. The van der Waals surface area contributed by atoms with E-state index < -0.39 is 64.0 Å². The minimum Gasteiger partial charge on any atom is -0.743 e. The van der Waals surface area contributed by atoms with Crippen LogP contribution in [0.2, 0.25) is 10.0 Å². The van der Waals surface area contributed by atoms with E-state index in [0.29, 0.717) is 75.4 Å². The molecule has 0 fully saturated rings. The number of pyridine rings is 1. The Bertz CT molecular complexity index is 4470. The summed E-state index contributed by atoms with van der Waals surface area (Å²) in [5, 5.41) is 4.65. The molecular weight excluding hydrogens is 1300 g/mol. The Kier molecular flexibility index (Phi) is 24.3. The summed E-state index contributed by atoms with van der Waals surface area (Å²) in [7, 11) is -18.2. The van der Waals surface area contributed by atoms with Crippen molar-refractivity contribution in [2.45, 2.75) is 57.7 Å². The number of nitrogens with one attached hydrogen (secondary N) is 2. The van der Waals surface area contributed by atoms with Crippen LogP contribution in [0.5, 0.6) is 5.75 Å². The molecule has 11 rings (SSSR count). The Morgan fingerprint density at radius 1 is 0.640 bits per heavy atom. The quantitative estimate of drug-likeness (QED) is 0.0598. The smallest absolute Gasteiger partial charge is 0.375 e. The number of aromatic nitrogens is 3. The van der Waals surface area contributed by atoms with Crippen molar-refractivity contribution >= 4 is 132 Å². The number of hydrogen-bond donors (Lipinski definition) is 3. The van der Waals surface area contributed by atoms with Gasteiger partial charge < -0.3 is 28.5 Å². The number of allylic oxidation sites excluding steroid dienone is 2. The second-order valence-electron chi connectivity index (χ2n) is 19.0. The van der Waals surface area contributed by atoms with Crippen LogP contribution >= 0.6 is 46.3 Å². The molecular formula is C61H63Cl2N6O14S6+. The molecule has 28 heteroatoms. The highest BCUT2D eigenvalue weighted by Crippen LogP contribution is 2.48. The molecule has 6 aromatic carbocycles. The summed E-state index contributed by atoms with van der Waals surface area (Å²) in [6.45, 7) is 12.2. The van der Waals surface area contributed by atoms with E-state index >= 15 is 0 Å². The molecule has 0 saturated heterocycles. The summed E-state index contributed by atoms with van der Waals surface area (Å²) in [6, 6.07) is 45.3. The van der Waals surface area contributed by atoms with E-state index in [9.17, 15) is 51.9 Å². The lowest BCUT2D eigenvalue weighted by molar-refractivity contribution is -0.658. The third-order valence-corrected chi connectivity index (χ3v) is 17.6. The third kappa shape index (κ3) is 20.0. The normalized spacial score (nSPS) is 13.9. The van der Waals surface area contributed by atoms with Crippen molar-refractivity contribution in [1.82, 2.24) is 5.32 Å². The lowest BCUT2D eigenvalue weighted by Crippen LogP contribution is -2.39. The first-order valence-electron chi connectivity index (χ1n) is 27.3. The van der Waals surface area contributed by atoms with E-state index in [1.165, 1.54) is 42.0 Å². The number of nitrogens with zero attached hydrogens (tertiary/aromatic N) is 4. The summed E-state index contributed by atoms with van der Waals surface area (Å²) in [5.41, 5.74) is 6.18. The second-order valence-corrected chi connectivity index (χ2v) is 27.6. The molecule has 5 heterocycles. The molecule has 0 spiro atoms. The third-order valence-electron chi connectivity index (χ3n) is 12.6. The molecule has 0 radical (unpaired) electrons. The van der Waals surface area contributed by atoms with Gasteiger partial charge in [0.25, 0.3) is 30.8 Å². The number of anilines is 2. The van der Waals surface area contributed by atoms with Gasteiger partial charge in [-0.25, -0.2) is 21.8 Å². The van der Waals surface area contributed by atoms with Crippen LogP contribution in [0, 0.1) is 0 Å². The fourth-order valence-electron chi connectivity index (χ4n) is 8.84. The molecule has 9 aromatic rings. The molecule has 20 nitrogen and oxygen atoms in total. The average molecular weight is 1370 g/mol. The zero-order valence-electron chi connectivity index (χ0n) is 48.6. The van der Waals surface area contributed by atoms with Gasteiger partial charge in [-0.3, -0.25) is 14.0 Å². The standard InChI is InChI=1S/C33H28N2O8S2.C17H12Cl2N2O6S4.C5H5N.C4H11N.C2H6/c1-2-23(17-32-34(21-44(36,37)38)28-19-26(13-15-30(28)42-32)24-9-5-3-6-10-24)18-33-35(22-45(39,40)41)29-20-27(14-16-31(29)43-33)25-11-7-4-8-12-25;18-10-1-3-14-12(5-10)20(8-30(22,23)24)16(28-14)7-17-21(9-31(25,26)27)13-6-11(19)2-4-15(13)29-17;1-2-4-6-5-3-1;1-3-5-4-2;1-2/h3-20H,2,21-22H2,1H3,(H-,36,37,38,39,40,41);1-7H,8-9H2,(H-,22,23,24,25,26,27);1-5H;5H,3-4H2,1-2H3;1-2H3/p+1. The van der Waals surface area contributed by atoms with Gasteiger partial charge in [-0.2, -0.15) is 21.4 Å². The van der Waals surface area contributed by atoms with Crippen LogP contribution in [-0.4, -0.2) is 76.7 Å². The topological polar surface area (TPSA) is 286 Å². The molecule has 0 bridgehead atoms. The zero-order chi connectivity index (χ0) is 64.7. The fraction of sp³-hybridized carbons (Fsp3) is 0.197. The van der Waals surface area contributed by atoms with E-state index in [4.69, 9.17) is 32.4 Å². The predicted octanol–water partition coefficient (Wildman–Crippen LogP) is 11.8. The van der Waals surface area contributed by atoms with E-state index in [0.717, 1.165) is 35.3 Å². The number of halogens is 2. The van der Waals surface area contributed by atoms with Crippen LogP contribution in [0.15, 0.2) is 196 Å². The number of rotatable bonds is 16. The Morgan fingerprint density at radius 3 is 1.75 bits per heavy atom. The molecule has 89 heavy (non-hydrogen) atoms. The van der Waals surface area contributed by atoms with Crippen LogP contribution in [0.4, 0.5) is 11.4 Å². The number of fused-ring (bicyclic) bond motifs is 4.